The molecule has 6 N–H and O–H groups in total. The molecule has 2 fully saturated rings. The van der Waals surface area contributed by atoms with E-state index in [4.69, 9.17) is 10.5 Å². The molecule has 10 heteroatoms. The average Bonchev–Trinajstić information content (AvgIpc) is 2.91. The van der Waals surface area contributed by atoms with Gasteiger partial charge in [-0.15, -0.1) is 0 Å². The number of aromatic nitrogens is 3. The van der Waals surface area contributed by atoms with E-state index in [1.165, 1.54) is 17.5 Å². The highest BCUT2D eigenvalue weighted by Crippen LogP contribution is 2.58. The van der Waals surface area contributed by atoms with E-state index in [9.17, 15) is 25.2 Å². The summed E-state index contributed by atoms with van der Waals surface area (Å²) >= 11 is 0. The van der Waals surface area contributed by atoms with E-state index in [0.29, 0.717) is 0 Å². The highest BCUT2D eigenvalue weighted by Gasteiger charge is 2.72. The third kappa shape index (κ3) is 1.70. The van der Waals surface area contributed by atoms with Gasteiger partial charge in [-0.05, 0) is 13.0 Å². The number of aliphatic hydroxyl groups excluding tert-OH is 2. The first-order chi connectivity index (χ1) is 11.2. The number of aliphatic hydroxyl groups is 3. The van der Waals surface area contributed by atoms with E-state index >= 15 is 0 Å². The van der Waals surface area contributed by atoms with E-state index in [-0.39, 0.29) is 29.0 Å². The Labute approximate surface area is 135 Å². The van der Waals surface area contributed by atoms with Crippen molar-refractivity contribution in [3.05, 3.63) is 23.7 Å². The molecule has 2 aromatic rings. The van der Waals surface area contributed by atoms with Crippen molar-refractivity contribution in [2.24, 2.45) is 0 Å². The number of rotatable bonds is 2. The molecule has 0 bridgehead atoms. The van der Waals surface area contributed by atoms with Crippen LogP contribution >= 0.6 is 0 Å². The van der Waals surface area contributed by atoms with Gasteiger partial charge in [0.1, 0.15) is 35.3 Å². The Kier molecular flexibility index (Phi) is 2.81. The Morgan fingerprint density at radius 3 is 2.71 bits per heavy atom. The molecule has 128 valence electrons. The Morgan fingerprint density at radius 2 is 2.17 bits per heavy atom. The van der Waals surface area contributed by atoms with Gasteiger partial charge in [0.05, 0.1) is 17.4 Å². The van der Waals surface area contributed by atoms with Crippen LogP contribution in [0.4, 0.5) is 5.82 Å². The lowest BCUT2D eigenvalue weighted by Crippen LogP contribution is -2.44. The summed E-state index contributed by atoms with van der Waals surface area (Å²) in [6.45, 7) is 1.37. The normalized spacial score (nSPS) is 38.1. The quantitative estimate of drug-likeness (QED) is 0.448. The summed E-state index contributed by atoms with van der Waals surface area (Å²) in [4.78, 5) is 15.3. The summed E-state index contributed by atoms with van der Waals surface area (Å²) < 4.78 is 6.99. The van der Waals surface area contributed by atoms with Crippen molar-refractivity contribution >= 4 is 17.3 Å². The number of ether oxygens (including phenoxy) is 1. The van der Waals surface area contributed by atoms with E-state index in [0.717, 1.165) is 6.33 Å². The summed E-state index contributed by atoms with van der Waals surface area (Å²) in [7, 11) is 0. The zero-order chi connectivity index (χ0) is 17.4. The van der Waals surface area contributed by atoms with Gasteiger partial charge in [-0.25, -0.2) is 14.3 Å². The molecule has 5 atom stereocenters. The number of aromatic carboxylic acids is 1. The standard InChI is InChI=1S/C14H16N4O6/c1-13(23)9(24-14(12(13)22)3-7(14)19)6-2-5(11(20)21)8-10(15)16-4-17-18(6)8/h2,4,7,9,12,19,22-23H,3H2,1H3,(H,20,21)(H2,15,16,17)/t7?,9-,12-,13-,14?/m0/s1. The summed E-state index contributed by atoms with van der Waals surface area (Å²) in [5, 5.41) is 44.3. The molecule has 2 unspecified atom stereocenters. The smallest absolute Gasteiger partial charge is 0.338 e. The van der Waals surface area contributed by atoms with Crippen molar-refractivity contribution in [1.82, 2.24) is 14.6 Å². The molecule has 2 aromatic heterocycles. The number of anilines is 1. The molecule has 0 aromatic carbocycles. The summed E-state index contributed by atoms with van der Waals surface area (Å²) in [6, 6.07) is 1.28. The Hall–Kier alpha value is -2.27. The van der Waals surface area contributed by atoms with Gasteiger partial charge < -0.3 is 30.9 Å². The number of carboxylic acids is 1. The van der Waals surface area contributed by atoms with Crippen molar-refractivity contribution in [2.75, 3.05) is 5.73 Å². The minimum absolute atomic E-state index is 0.0343. The van der Waals surface area contributed by atoms with Crippen LogP contribution in [-0.4, -0.2) is 64.4 Å². The number of nitrogen functional groups attached to an aromatic ring is 1. The topological polar surface area (TPSA) is 163 Å². The largest absolute Gasteiger partial charge is 0.478 e. The van der Waals surface area contributed by atoms with Crippen LogP contribution in [0.3, 0.4) is 0 Å². The number of carbonyl (C=O) groups is 1. The minimum atomic E-state index is -1.75. The van der Waals surface area contributed by atoms with Gasteiger partial charge in [-0.1, -0.05) is 0 Å². The van der Waals surface area contributed by atoms with Crippen molar-refractivity contribution < 1.29 is 30.0 Å². The highest BCUT2D eigenvalue weighted by atomic mass is 16.6. The van der Waals surface area contributed by atoms with E-state index in [1.54, 1.807) is 0 Å². The molecule has 1 aliphatic carbocycles. The first-order valence-electron chi connectivity index (χ1n) is 7.32. The van der Waals surface area contributed by atoms with Gasteiger partial charge in [0.15, 0.2) is 5.82 Å². The van der Waals surface area contributed by atoms with Gasteiger partial charge in [0.25, 0.3) is 0 Å². The predicted octanol–water partition coefficient (Wildman–Crippen LogP) is -1.30. The predicted molar refractivity (Wildman–Crippen MR) is 78.2 cm³/mol. The Morgan fingerprint density at radius 1 is 1.50 bits per heavy atom. The maximum absolute atomic E-state index is 11.5. The lowest BCUT2D eigenvalue weighted by Gasteiger charge is -2.26. The van der Waals surface area contributed by atoms with Crippen molar-refractivity contribution in [3.8, 4) is 0 Å². The van der Waals surface area contributed by atoms with Crippen molar-refractivity contribution in [1.29, 1.82) is 0 Å². The molecular weight excluding hydrogens is 320 g/mol. The number of nitrogens with zero attached hydrogens (tertiary/aromatic N) is 3. The second-order valence-corrected chi connectivity index (χ2v) is 6.49. The number of hydrogen-bond acceptors (Lipinski definition) is 8. The number of hydrogen-bond donors (Lipinski definition) is 5. The Balaban J connectivity index is 1.92. The van der Waals surface area contributed by atoms with Gasteiger partial charge in [0.2, 0.25) is 0 Å². The summed E-state index contributed by atoms with van der Waals surface area (Å²) in [5.74, 6) is -1.27. The maximum atomic E-state index is 11.5. The van der Waals surface area contributed by atoms with E-state index in [1.807, 2.05) is 0 Å². The van der Waals surface area contributed by atoms with Gasteiger partial charge in [-0.2, -0.15) is 5.10 Å². The molecule has 24 heavy (non-hydrogen) atoms. The second-order valence-electron chi connectivity index (χ2n) is 6.49. The zero-order valence-electron chi connectivity index (χ0n) is 12.6. The van der Waals surface area contributed by atoms with Crippen molar-refractivity contribution in [3.63, 3.8) is 0 Å². The van der Waals surface area contributed by atoms with Crippen LogP contribution in [0.2, 0.25) is 0 Å². The van der Waals surface area contributed by atoms with Gasteiger partial charge >= 0.3 is 5.97 Å². The summed E-state index contributed by atoms with van der Waals surface area (Å²) in [6.07, 6.45) is -1.98. The number of nitrogens with two attached hydrogens (primary N) is 1. The minimum Gasteiger partial charge on any atom is -0.478 e. The molecule has 1 saturated carbocycles. The molecule has 0 amide bonds. The van der Waals surface area contributed by atoms with Gasteiger partial charge in [-0.3, -0.25) is 0 Å². The molecule has 0 radical (unpaired) electrons. The molecule has 1 spiro atoms. The van der Waals surface area contributed by atoms with Crippen molar-refractivity contribution in [2.45, 2.75) is 42.9 Å². The molecule has 3 heterocycles. The molecule has 10 nitrogen and oxygen atoms in total. The average molecular weight is 336 g/mol. The van der Waals surface area contributed by atoms with Crippen LogP contribution in [0, 0.1) is 0 Å². The molecule has 2 aliphatic rings. The van der Waals surface area contributed by atoms with Gasteiger partial charge in [0, 0.05) is 6.42 Å². The lowest BCUT2D eigenvalue weighted by molar-refractivity contribution is -0.0664. The SMILES string of the molecule is C[C@@]1(O)[C@H](O)C2(CC2O)O[C@H]1c1cc(C(=O)O)c2c(N)ncnn12. The highest BCUT2D eigenvalue weighted by molar-refractivity contribution is 5.99. The first-order valence-corrected chi connectivity index (χ1v) is 7.32. The number of fused-ring (bicyclic) bond motifs is 1. The maximum Gasteiger partial charge on any atom is 0.338 e. The molecular formula is C14H16N4O6. The van der Waals surface area contributed by atoms with E-state index < -0.39 is 35.5 Å². The van der Waals surface area contributed by atoms with Crippen LogP contribution in [0.5, 0.6) is 0 Å². The molecule has 4 rings (SSSR count). The third-order valence-corrected chi connectivity index (χ3v) is 4.91. The van der Waals surface area contributed by atoms with Crippen LogP contribution in [-0.2, 0) is 4.74 Å². The second kappa shape index (κ2) is 4.42. The van der Waals surface area contributed by atoms with E-state index in [2.05, 4.69) is 10.1 Å². The fraction of sp³-hybridized carbons (Fsp3) is 0.500. The Bertz CT molecular complexity index is 864. The number of carboxylic acid groups (broad SMARTS) is 1. The van der Waals surface area contributed by atoms with Crippen LogP contribution in [0.25, 0.3) is 5.52 Å². The zero-order valence-corrected chi connectivity index (χ0v) is 12.6. The molecule has 1 saturated heterocycles. The summed E-state index contributed by atoms with van der Waals surface area (Å²) in [5.41, 5.74) is 2.90. The lowest BCUT2D eigenvalue weighted by atomic mass is 9.90. The monoisotopic (exact) mass is 336 g/mol. The third-order valence-electron chi connectivity index (χ3n) is 4.91. The molecule has 1 aliphatic heterocycles. The van der Waals surface area contributed by atoms with Crippen LogP contribution in [0.15, 0.2) is 12.4 Å². The van der Waals surface area contributed by atoms with Crippen LogP contribution < -0.4 is 5.73 Å². The fourth-order valence-corrected chi connectivity index (χ4v) is 3.51. The first kappa shape index (κ1) is 15.3. The van der Waals surface area contributed by atoms with Crippen LogP contribution in [0.1, 0.15) is 35.5 Å². The fourth-order valence-electron chi connectivity index (χ4n) is 3.51.